The van der Waals surface area contributed by atoms with Crippen LogP contribution in [0.3, 0.4) is 0 Å². The highest BCUT2D eigenvalue weighted by Gasteiger charge is 2.28. The molecule has 202 valence electrons. The zero-order valence-corrected chi connectivity index (χ0v) is 23.3. The van der Waals surface area contributed by atoms with Gasteiger partial charge in [0.1, 0.15) is 14.8 Å². The van der Waals surface area contributed by atoms with Gasteiger partial charge in [-0.2, -0.15) is 4.31 Å². The Kier molecular flexibility index (Phi) is 9.31. The van der Waals surface area contributed by atoms with Crippen molar-refractivity contribution in [3.8, 4) is 11.1 Å². The lowest BCUT2D eigenvalue weighted by atomic mass is 10.0. The summed E-state index contributed by atoms with van der Waals surface area (Å²) in [5.41, 5.74) is 1.68. The van der Waals surface area contributed by atoms with E-state index in [0.717, 1.165) is 36.2 Å². The van der Waals surface area contributed by atoms with Gasteiger partial charge in [0.15, 0.2) is 6.61 Å². The number of hydrogen-bond donors (Lipinski definition) is 1. The van der Waals surface area contributed by atoms with Crippen molar-refractivity contribution < 1.29 is 32.3 Å². The molecule has 0 bridgehead atoms. The number of nitrogens with one attached hydrogen (secondary N) is 1. The first kappa shape index (κ1) is 28.0. The van der Waals surface area contributed by atoms with E-state index in [1.807, 2.05) is 30.3 Å². The molecule has 0 saturated carbocycles. The summed E-state index contributed by atoms with van der Waals surface area (Å²) >= 11 is 2.20. The molecule has 1 saturated heterocycles. The zero-order chi connectivity index (χ0) is 27.1. The minimum atomic E-state index is -3.57. The average Bonchev–Trinajstić information content (AvgIpc) is 3.56. The fourth-order valence-corrected chi connectivity index (χ4v) is 8.00. The van der Waals surface area contributed by atoms with E-state index in [1.54, 1.807) is 18.4 Å². The molecule has 1 amide bonds. The van der Waals surface area contributed by atoms with Gasteiger partial charge in [0.05, 0.1) is 13.0 Å². The van der Waals surface area contributed by atoms with Crippen LogP contribution < -0.4 is 5.32 Å². The van der Waals surface area contributed by atoms with Gasteiger partial charge in [-0.25, -0.2) is 13.2 Å². The number of nitrogens with zero attached hydrogens (tertiary/aromatic N) is 1. The smallest absolute Gasteiger partial charge is 0.341 e. The van der Waals surface area contributed by atoms with Crippen LogP contribution in [0.1, 0.15) is 41.4 Å². The summed E-state index contributed by atoms with van der Waals surface area (Å²) in [6, 6.07) is 12.4. The van der Waals surface area contributed by atoms with E-state index in [9.17, 15) is 22.8 Å². The first-order chi connectivity index (χ1) is 18.3. The molecule has 9 nitrogen and oxygen atoms in total. The fraction of sp³-hybridized carbons (Fsp3) is 0.346. The largest absolute Gasteiger partial charge is 0.462 e. The Balaban J connectivity index is 1.35. The van der Waals surface area contributed by atoms with Gasteiger partial charge >= 0.3 is 11.9 Å². The molecule has 2 aromatic heterocycles. The Hall–Kier alpha value is -3.06. The van der Waals surface area contributed by atoms with E-state index in [2.05, 4.69) is 5.32 Å². The summed E-state index contributed by atoms with van der Waals surface area (Å²) in [4.78, 5) is 38.1. The number of sulfonamides is 1. The second-order valence-corrected chi connectivity index (χ2v) is 12.7. The van der Waals surface area contributed by atoms with Crippen LogP contribution in [0, 0.1) is 0 Å². The number of carbonyl (C=O) groups is 3. The van der Waals surface area contributed by atoms with E-state index in [1.165, 1.54) is 21.7 Å². The van der Waals surface area contributed by atoms with Crippen LogP contribution in [0.5, 0.6) is 0 Å². The number of amides is 1. The molecule has 1 aliphatic heterocycles. The molecule has 3 heterocycles. The molecule has 0 unspecified atom stereocenters. The molecule has 3 aromatic rings. The Morgan fingerprint density at radius 1 is 1.00 bits per heavy atom. The molecule has 1 aromatic carbocycles. The summed E-state index contributed by atoms with van der Waals surface area (Å²) in [5.74, 6) is -1.83. The highest BCUT2D eigenvalue weighted by Crippen LogP contribution is 2.36. The standard InChI is InChI=1S/C26H28N2O7S3/c1-2-34-26(31)24-20(18-9-5-3-6-10-18)17-36-25(24)27-21(29)16-35-22(30)15-19-11-12-23(37-19)38(32,33)28-13-7-4-8-14-28/h3,5-6,9-12,17H,2,4,7-8,13-16H2,1H3,(H,27,29). The molecular formula is C26H28N2O7S3. The van der Waals surface area contributed by atoms with Crippen molar-refractivity contribution in [3.05, 3.63) is 58.3 Å². The van der Waals surface area contributed by atoms with Crippen LogP contribution in [0.25, 0.3) is 11.1 Å². The molecule has 38 heavy (non-hydrogen) atoms. The molecule has 0 radical (unpaired) electrons. The summed E-state index contributed by atoms with van der Waals surface area (Å²) < 4.78 is 37.6. The van der Waals surface area contributed by atoms with Gasteiger partial charge in [0.25, 0.3) is 15.9 Å². The molecule has 1 aliphatic rings. The quantitative estimate of drug-likeness (QED) is 0.352. The van der Waals surface area contributed by atoms with E-state index < -0.39 is 34.5 Å². The minimum absolute atomic E-state index is 0.154. The first-order valence-corrected chi connectivity index (χ1v) is 15.3. The Morgan fingerprint density at radius 3 is 2.45 bits per heavy atom. The lowest BCUT2D eigenvalue weighted by Gasteiger charge is -2.25. The van der Waals surface area contributed by atoms with Crippen molar-refractivity contribution in [3.63, 3.8) is 0 Å². The van der Waals surface area contributed by atoms with Gasteiger partial charge in [-0.15, -0.1) is 22.7 Å². The van der Waals surface area contributed by atoms with Crippen LogP contribution >= 0.6 is 22.7 Å². The number of hydrogen-bond acceptors (Lipinski definition) is 9. The number of benzene rings is 1. The second kappa shape index (κ2) is 12.7. The Morgan fingerprint density at radius 2 is 1.74 bits per heavy atom. The molecule has 0 aliphatic carbocycles. The Labute approximate surface area is 229 Å². The maximum Gasteiger partial charge on any atom is 0.341 e. The van der Waals surface area contributed by atoms with Gasteiger partial charge in [0, 0.05) is 28.9 Å². The number of ether oxygens (including phenoxy) is 2. The van der Waals surface area contributed by atoms with Crippen molar-refractivity contribution in [2.45, 2.75) is 36.8 Å². The van der Waals surface area contributed by atoms with Crippen molar-refractivity contribution >= 4 is 55.5 Å². The molecule has 0 atom stereocenters. The number of rotatable bonds is 10. The van der Waals surface area contributed by atoms with Crippen molar-refractivity contribution in [2.24, 2.45) is 0 Å². The third-order valence-electron chi connectivity index (χ3n) is 5.84. The first-order valence-electron chi connectivity index (χ1n) is 12.2. The molecule has 1 N–H and O–H groups in total. The number of esters is 2. The molecule has 12 heteroatoms. The van der Waals surface area contributed by atoms with Crippen molar-refractivity contribution in [1.82, 2.24) is 4.31 Å². The molecular weight excluding hydrogens is 548 g/mol. The topological polar surface area (TPSA) is 119 Å². The van der Waals surface area contributed by atoms with E-state index in [0.29, 0.717) is 28.5 Å². The summed E-state index contributed by atoms with van der Waals surface area (Å²) in [6.45, 7) is 2.33. The van der Waals surface area contributed by atoms with Crippen LogP contribution in [0.2, 0.25) is 0 Å². The fourth-order valence-electron chi connectivity index (χ4n) is 4.01. The predicted molar refractivity (Wildman–Crippen MR) is 146 cm³/mol. The van der Waals surface area contributed by atoms with Crippen LogP contribution in [-0.4, -0.2) is 56.9 Å². The maximum absolute atomic E-state index is 12.8. The Bertz CT molecular complexity index is 1390. The van der Waals surface area contributed by atoms with Gasteiger partial charge in [0.2, 0.25) is 0 Å². The lowest BCUT2D eigenvalue weighted by Crippen LogP contribution is -2.35. The molecule has 4 rings (SSSR count). The third-order valence-corrected chi connectivity index (χ3v) is 10.2. The van der Waals surface area contributed by atoms with Gasteiger partial charge in [-0.05, 0) is 37.5 Å². The van der Waals surface area contributed by atoms with Crippen LogP contribution in [0.15, 0.2) is 52.1 Å². The van der Waals surface area contributed by atoms with E-state index in [-0.39, 0.29) is 22.8 Å². The second-order valence-electron chi connectivity index (χ2n) is 8.51. The highest BCUT2D eigenvalue weighted by molar-refractivity contribution is 7.91. The van der Waals surface area contributed by atoms with Gasteiger partial charge < -0.3 is 14.8 Å². The van der Waals surface area contributed by atoms with E-state index in [4.69, 9.17) is 9.47 Å². The van der Waals surface area contributed by atoms with Gasteiger partial charge in [-0.3, -0.25) is 9.59 Å². The maximum atomic E-state index is 12.8. The minimum Gasteiger partial charge on any atom is -0.462 e. The number of piperidine rings is 1. The van der Waals surface area contributed by atoms with Crippen LogP contribution in [0.4, 0.5) is 5.00 Å². The molecule has 1 fully saturated rings. The third kappa shape index (κ3) is 6.68. The summed E-state index contributed by atoms with van der Waals surface area (Å²) in [5, 5.41) is 4.70. The SMILES string of the molecule is CCOC(=O)c1c(-c2ccccc2)csc1NC(=O)COC(=O)Cc1ccc(S(=O)(=O)N2CCCCC2)s1. The normalized spacial score (nSPS) is 14.1. The predicted octanol–water partition coefficient (Wildman–Crippen LogP) is 4.55. The summed E-state index contributed by atoms with van der Waals surface area (Å²) in [6.07, 6.45) is 2.54. The zero-order valence-electron chi connectivity index (χ0n) is 20.8. The van der Waals surface area contributed by atoms with Gasteiger partial charge in [-0.1, -0.05) is 36.8 Å². The van der Waals surface area contributed by atoms with Crippen LogP contribution in [-0.2, 0) is 35.5 Å². The van der Waals surface area contributed by atoms with E-state index >= 15 is 0 Å². The van der Waals surface area contributed by atoms with Crippen molar-refractivity contribution in [1.29, 1.82) is 0 Å². The van der Waals surface area contributed by atoms with Crippen molar-refractivity contribution in [2.75, 3.05) is 31.6 Å². The lowest BCUT2D eigenvalue weighted by molar-refractivity contribution is -0.146. The number of carbonyl (C=O) groups excluding carboxylic acids is 3. The number of anilines is 1. The number of thiophene rings is 2. The molecule has 0 spiro atoms. The highest BCUT2D eigenvalue weighted by atomic mass is 32.2. The monoisotopic (exact) mass is 576 g/mol. The average molecular weight is 577 g/mol. The summed E-state index contributed by atoms with van der Waals surface area (Å²) in [7, 11) is -3.57.